The van der Waals surface area contributed by atoms with Crippen LogP contribution in [0.5, 0.6) is 0 Å². The third-order valence-corrected chi connectivity index (χ3v) is 1.27. The maximum absolute atomic E-state index is 2.16. The van der Waals surface area contributed by atoms with Gasteiger partial charge in [-0.1, -0.05) is 13.7 Å². The van der Waals surface area contributed by atoms with Gasteiger partial charge in [0, 0.05) is 6.42 Å². The van der Waals surface area contributed by atoms with E-state index in [1.165, 1.54) is 5.61 Å². The SMILES string of the molecule is C[B]C(CC)=[N+](C)C. The van der Waals surface area contributed by atoms with Gasteiger partial charge in [0.25, 0.3) is 0 Å². The molecule has 0 saturated carbocycles. The molecule has 0 aliphatic rings. The summed E-state index contributed by atoms with van der Waals surface area (Å²) in [6.07, 6.45) is 1.13. The van der Waals surface area contributed by atoms with Gasteiger partial charge in [0.2, 0.25) is 7.28 Å². The highest BCUT2D eigenvalue weighted by Gasteiger charge is 1.99. The van der Waals surface area contributed by atoms with Crippen molar-refractivity contribution >= 4 is 12.9 Å². The fourth-order valence-corrected chi connectivity index (χ4v) is 0.779. The largest absolute Gasteiger partial charge is 0.252 e. The van der Waals surface area contributed by atoms with E-state index in [-0.39, 0.29) is 0 Å². The first-order valence-corrected chi connectivity index (χ1v) is 3.04. The molecule has 0 atom stereocenters. The van der Waals surface area contributed by atoms with Crippen LogP contribution in [0.2, 0.25) is 6.82 Å². The van der Waals surface area contributed by atoms with E-state index in [0.717, 1.165) is 6.42 Å². The molecule has 0 aliphatic carbocycles. The molecule has 0 bridgehead atoms. The smallest absolute Gasteiger partial charge is 0.232 e. The minimum atomic E-state index is 1.13. The Bertz CT molecular complexity index is 86.7. The highest BCUT2D eigenvalue weighted by Crippen LogP contribution is 1.79. The van der Waals surface area contributed by atoms with Gasteiger partial charge in [-0.05, 0) is 0 Å². The molecule has 0 N–H and O–H groups in total. The van der Waals surface area contributed by atoms with Crippen molar-refractivity contribution in [1.29, 1.82) is 0 Å². The van der Waals surface area contributed by atoms with Crippen molar-refractivity contribution in [3.8, 4) is 0 Å². The number of nitrogens with zero attached hydrogens (tertiary/aromatic N) is 1. The molecule has 45 valence electrons. The van der Waals surface area contributed by atoms with Crippen LogP contribution in [0.4, 0.5) is 0 Å². The molecule has 0 rings (SSSR count). The normalized spacial score (nSPS) is 8.50. The topological polar surface area (TPSA) is 3.01 Å². The Morgan fingerprint density at radius 3 is 2.00 bits per heavy atom. The second-order valence-electron chi connectivity index (χ2n) is 2.03. The lowest BCUT2D eigenvalue weighted by Gasteiger charge is -1.93. The van der Waals surface area contributed by atoms with E-state index < -0.39 is 0 Å². The second-order valence-corrected chi connectivity index (χ2v) is 2.03. The number of hydrogen-bond acceptors (Lipinski definition) is 0. The van der Waals surface area contributed by atoms with Crippen molar-refractivity contribution in [3.63, 3.8) is 0 Å². The van der Waals surface area contributed by atoms with Gasteiger partial charge in [0.05, 0.1) is 5.61 Å². The van der Waals surface area contributed by atoms with Crippen molar-refractivity contribution in [3.05, 3.63) is 0 Å². The molecule has 0 aromatic carbocycles. The third-order valence-electron chi connectivity index (χ3n) is 1.27. The summed E-state index contributed by atoms with van der Waals surface area (Å²) >= 11 is 0. The standard InChI is InChI=1S/C6H14BN/c1-5-6(7-2)8(3)4/h5H2,1-4H3/q+1. The fourth-order valence-electron chi connectivity index (χ4n) is 0.779. The average Bonchev–Trinajstić information content (AvgIpc) is 1.69. The molecule has 0 fully saturated rings. The van der Waals surface area contributed by atoms with Gasteiger partial charge in [0.1, 0.15) is 14.1 Å². The molecule has 0 amide bonds. The molecule has 0 unspecified atom stereocenters. The molecule has 1 radical (unpaired) electrons. The molecule has 0 aliphatic heterocycles. The minimum absolute atomic E-state index is 1.13. The van der Waals surface area contributed by atoms with Gasteiger partial charge < -0.3 is 0 Å². The van der Waals surface area contributed by atoms with E-state index in [4.69, 9.17) is 0 Å². The summed E-state index contributed by atoms with van der Waals surface area (Å²) in [7, 11) is 6.28. The van der Waals surface area contributed by atoms with Crippen molar-refractivity contribution in [1.82, 2.24) is 0 Å². The summed E-state index contributed by atoms with van der Waals surface area (Å²) in [5.41, 5.74) is 1.39. The van der Waals surface area contributed by atoms with E-state index in [0.29, 0.717) is 0 Å². The van der Waals surface area contributed by atoms with Gasteiger partial charge in [-0.3, -0.25) is 4.58 Å². The zero-order valence-corrected chi connectivity index (χ0v) is 6.23. The maximum atomic E-state index is 2.16. The Hall–Kier alpha value is -0.265. The average molecular weight is 111 g/mol. The molecule has 0 spiro atoms. The first-order chi connectivity index (χ1) is 3.72. The van der Waals surface area contributed by atoms with Crippen LogP contribution in [0.3, 0.4) is 0 Å². The molecule has 1 nitrogen and oxygen atoms in total. The van der Waals surface area contributed by atoms with Gasteiger partial charge in [0.15, 0.2) is 0 Å². The number of hydrogen-bond donors (Lipinski definition) is 0. The van der Waals surface area contributed by atoms with Crippen LogP contribution in [0.15, 0.2) is 0 Å². The van der Waals surface area contributed by atoms with Crippen LogP contribution in [0.25, 0.3) is 0 Å². The van der Waals surface area contributed by atoms with Crippen molar-refractivity contribution < 1.29 is 4.58 Å². The summed E-state index contributed by atoms with van der Waals surface area (Å²) in [5, 5.41) is 0. The monoisotopic (exact) mass is 111 g/mol. The quantitative estimate of drug-likeness (QED) is 0.282. The van der Waals surface area contributed by atoms with Crippen LogP contribution < -0.4 is 0 Å². The van der Waals surface area contributed by atoms with Gasteiger partial charge >= 0.3 is 0 Å². The van der Waals surface area contributed by atoms with Crippen molar-refractivity contribution in [2.75, 3.05) is 14.1 Å². The van der Waals surface area contributed by atoms with Crippen LogP contribution in [-0.2, 0) is 0 Å². The second kappa shape index (κ2) is 3.70. The summed E-state index contributed by atoms with van der Waals surface area (Å²) in [6.45, 7) is 4.23. The van der Waals surface area contributed by atoms with E-state index in [2.05, 4.69) is 39.7 Å². The van der Waals surface area contributed by atoms with E-state index >= 15 is 0 Å². The maximum Gasteiger partial charge on any atom is 0.232 e. The zero-order valence-electron chi connectivity index (χ0n) is 6.23. The molecular formula is C6H14BN+. The zero-order chi connectivity index (χ0) is 6.57. The summed E-state index contributed by atoms with van der Waals surface area (Å²) < 4.78 is 2.14. The Morgan fingerprint density at radius 1 is 1.50 bits per heavy atom. The molecule has 0 saturated heterocycles. The fraction of sp³-hybridized carbons (Fsp3) is 0.833. The first-order valence-electron chi connectivity index (χ1n) is 3.04. The highest BCUT2D eigenvalue weighted by atomic mass is 14.9. The summed E-state index contributed by atoms with van der Waals surface area (Å²) in [5.74, 6) is 0. The molecule has 8 heavy (non-hydrogen) atoms. The number of rotatable bonds is 2. The Kier molecular flexibility index (Phi) is 3.58. The Balaban J connectivity index is 3.86. The molecule has 0 aromatic heterocycles. The lowest BCUT2D eigenvalue weighted by atomic mass is 9.74. The van der Waals surface area contributed by atoms with Gasteiger partial charge in [-0.2, -0.15) is 0 Å². The lowest BCUT2D eigenvalue weighted by molar-refractivity contribution is -0.463. The molecular weight excluding hydrogens is 96.9 g/mol. The van der Waals surface area contributed by atoms with Crippen LogP contribution >= 0.6 is 0 Å². The lowest BCUT2D eigenvalue weighted by Crippen LogP contribution is -2.16. The van der Waals surface area contributed by atoms with E-state index in [1.807, 2.05) is 0 Å². The first kappa shape index (κ1) is 7.73. The predicted molar refractivity (Wildman–Crippen MR) is 39.0 cm³/mol. The Labute approximate surface area is 52.7 Å². The van der Waals surface area contributed by atoms with E-state index in [1.54, 1.807) is 0 Å². The van der Waals surface area contributed by atoms with Crippen LogP contribution in [0.1, 0.15) is 13.3 Å². The van der Waals surface area contributed by atoms with Crippen LogP contribution in [-0.4, -0.2) is 31.6 Å². The molecule has 2 heteroatoms. The molecule has 0 aromatic rings. The van der Waals surface area contributed by atoms with E-state index in [9.17, 15) is 0 Å². The summed E-state index contributed by atoms with van der Waals surface area (Å²) in [6, 6.07) is 0. The van der Waals surface area contributed by atoms with Crippen molar-refractivity contribution in [2.24, 2.45) is 0 Å². The minimum Gasteiger partial charge on any atom is -0.252 e. The van der Waals surface area contributed by atoms with Gasteiger partial charge in [-0.25, -0.2) is 0 Å². The van der Waals surface area contributed by atoms with Crippen molar-refractivity contribution in [2.45, 2.75) is 20.2 Å². The Morgan fingerprint density at radius 2 is 2.00 bits per heavy atom. The third kappa shape index (κ3) is 2.15. The molecule has 0 heterocycles. The van der Waals surface area contributed by atoms with Gasteiger partial charge in [-0.15, -0.1) is 0 Å². The van der Waals surface area contributed by atoms with Crippen LogP contribution in [0, 0.1) is 0 Å². The highest BCUT2D eigenvalue weighted by molar-refractivity contribution is 6.73. The summed E-state index contributed by atoms with van der Waals surface area (Å²) in [4.78, 5) is 0. The predicted octanol–water partition coefficient (Wildman–Crippen LogP) is 0.819.